The largest absolute Gasteiger partial charge is 0.375 e. The van der Waals surface area contributed by atoms with Crippen LogP contribution in [0.25, 0.3) is 0 Å². The van der Waals surface area contributed by atoms with E-state index in [2.05, 4.69) is 20.6 Å². The lowest BCUT2D eigenvalue weighted by Gasteiger charge is -2.23. The molecule has 9 nitrogen and oxygen atoms in total. The quantitative estimate of drug-likeness (QED) is 0.422. The Morgan fingerprint density at radius 3 is 2.62 bits per heavy atom. The number of amides is 2. The number of carbonyl (C=O) groups excluding carboxylic acids is 2. The first kappa shape index (κ1) is 23.2. The molecule has 1 aromatic heterocycles. The molecule has 2 aromatic carbocycles. The number of anilines is 4. The van der Waals surface area contributed by atoms with E-state index in [0.717, 1.165) is 24.1 Å². The molecule has 0 saturated heterocycles. The molecule has 4 N–H and O–H groups in total. The molecule has 0 radical (unpaired) electrons. The Kier molecular flexibility index (Phi) is 7.03. The number of rotatable bonds is 10. The maximum absolute atomic E-state index is 12.6. The molecule has 0 spiro atoms. The van der Waals surface area contributed by atoms with E-state index in [9.17, 15) is 9.59 Å². The van der Waals surface area contributed by atoms with E-state index in [1.165, 1.54) is 13.3 Å². The van der Waals surface area contributed by atoms with Gasteiger partial charge in [-0.2, -0.15) is 4.98 Å². The summed E-state index contributed by atoms with van der Waals surface area (Å²) in [5.41, 5.74) is 8.27. The number of nitrogens with one attached hydrogen (secondary N) is 2. The van der Waals surface area contributed by atoms with Gasteiger partial charge in [0.25, 0.3) is 11.8 Å². The second-order valence-electron chi connectivity index (χ2n) is 8.20. The lowest BCUT2D eigenvalue weighted by Crippen LogP contribution is -2.35. The molecule has 9 heteroatoms. The van der Waals surface area contributed by atoms with E-state index < -0.39 is 5.91 Å². The molecular formula is C25H28N6O3. The van der Waals surface area contributed by atoms with Crippen LogP contribution in [0.1, 0.15) is 41.7 Å². The fourth-order valence-corrected chi connectivity index (χ4v) is 3.71. The summed E-state index contributed by atoms with van der Waals surface area (Å²) < 4.78 is 5.05. The summed E-state index contributed by atoms with van der Waals surface area (Å²) in [6, 6.07) is 17.4. The van der Waals surface area contributed by atoms with Crippen LogP contribution in [0.3, 0.4) is 0 Å². The maximum atomic E-state index is 12.6. The highest BCUT2D eigenvalue weighted by atomic mass is 16.5. The van der Waals surface area contributed by atoms with Crippen LogP contribution >= 0.6 is 0 Å². The molecule has 0 bridgehead atoms. The number of hydrogen-bond donors (Lipinski definition) is 3. The van der Waals surface area contributed by atoms with E-state index in [4.69, 9.17) is 10.5 Å². The molecular weight excluding hydrogens is 432 g/mol. The Balaban J connectivity index is 1.57. The molecule has 1 heterocycles. The Morgan fingerprint density at radius 2 is 1.94 bits per heavy atom. The van der Waals surface area contributed by atoms with Crippen LogP contribution in [-0.2, 0) is 9.53 Å². The average Bonchev–Trinajstić information content (AvgIpc) is 3.65. The third-order valence-electron chi connectivity index (χ3n) is 5.54. The van der Waals surface area contributed by atoms with Gasteiger partial charge in [0, 0.05) is 36.8 Å². The molecule has 1 fully saturated rings. The zero-order valence-corrected chi connectivity index (χ0v) is 19.2. The van der Waals surface area contributed by atoms with Gasteiger partial charge >= 0.3 is 0 Å². The van der Waals surface area contributed by atoms with Crippen molar-refractivity contribution < 1.29 is 14.3 Å². The first-order chi connectivity index (χ1) is 16.5. The first-order valence-electron chi connectivity index (χ1n) is 11.1. The van der Waals surface area contributed by atoms with Crippen LogP contribution in [0.15, 0.2) is 60.8 Å². The topological polar surface area (TPSA) is 122 Å². The molecule has 1 saturated carbocycles. The number of methoxy groups -OCH3 is 1. The van der Waals surface area contributed by atoms with Gasteiger partial charge in [-0.05, 0) is 43.5 Å². The summed E-state index contributed by atoms with van der Waals surface area (Å²) in [6.07, 6.45) is 3.35. The first-order valence-corrected chi connectivity index (χ1v) is 11.1. The minimum absolute atomic E-state index is 0.0282. The average molecular weight is 461 g/mol. The normalized spacial score (nSPS) is 13.7. The fraction of sp³-hybridized carbons (Fsp3) is 0.280. The van der Waals surface area contributed by atoms with E-state index >= 15 is 0 Å². The van der Waals surface area contributed by atoms with Crippen LogP contribution in [0.5, 0.6) is 0 Å². The second-order valence-corrected chi connectivity index (χ2v) is 8.20. The van der Waals surface area contributed by atoms with Crippen molar-refractivity contribution >= 4 is 35.0 Å². The molecule has 3 aromatic rings. The third-order valence-corrected chi connectivity index (χ3v) is 5.54. The Morgan fingerprint density at radius 1 is 1.18 bits per heavy atom. The molecule has 1 aliphatic rings. The zero-order valence-electron chi connectivity index (χ0n) is 19.2. The standard InChI is InChI=1S/C25H28N6O3/c1-16(17-7-4-3-5-8-17)28-24-21(23(26)33)14-27-25(30-24)29-18-9-6-10-20(13-18)31(19-11-12-19)22(32)15-34-2/h3-10,13-14,16,19H,11-12,15H2,1-2H3,(H2,26,33)(H2,27,28,29,30)/t16-/m1/s1. The van der Waals surface area contributed by atoms with Gasteiger partial charge in [-0.1, -0.05) is 36.4 Å². The van der Waals surface area contributed by atoms with Crippen molar-refractivity contribution in [3.63, 3.8) is 0 Å². The van der Waals surface area contributed by atoms with Crippen molar-refractivity contribution in [2.45, 2.75) is 31.8 Å². The van der Waals surface area contributed by atoms with Crippen molar-refractivity contribution in [3.8, 4) is 0 Å². The predicted molar refractivity (Wildman–Crippen MR) is 131 cm³/mol. The predicted octanol–water partition coefficient (Wildman–Crippen LogP) is 3.63. The van der Waals surface area contributed by atoms with E-state index in [1.54, 1.807) is 4.90 Å². The van der Waals surface area contributed by atoms with Gasteiger partial charge in [0.05, 0.1) is 5.56 Å². The molecule has 34 heavy (non-hydrogen) atoms. The third kappa shape index (κ3) is 5.49. The molecule has 1 aliphatic carbocycles. The van der Waals surface area contributed by atoms with Gasteiger partial charge in [0.15, 0.2) is 0 Å². The van der Waals surface area contributed by atoms with Crippen LogP contribution in [-0.4, -0.2) is 41.5 Å². The van der Waals surface area contributed by atoms with Gasteiger partial charge in [0.2, 0.25) is 5.95 Å². The Bertz CT molecular complexity index is 1170. The van der Waals surface area contributed by atoms with Crippen LogP contribution < -0.4 is 21.3 Å². The zero-order chi connectivity index (χ0) is 24.1. The van der Waals surface area contributed by atoms with E-state index in [-0.39, 0.29) is 30.2 Å². The maximum Gasteiger partial charge on any atom is 0.254 e. The van der Waals surface area contributed by atoms with Crippen molar-refractivity contribution in [1.82, 2.24) is 9.97 Å². The molecule has 1 atom stereocenters. The van der Waals surface area contributed by atoms with Gasteiger partial charge < -0.3 is 26.0 Å². The number of hydrogen-bond acceptors (Lipinski definition) is 7. The lowest BCUT2D eigenvalue weighted by atomic mass is 10.1. The summed E-state index contributed by atoms with van der Waals surface area (Å²) in [5, 5.41) is 6.42. The number of benzene rings is 2. The molecule has 4 rings (SSSR count). The van der Waals surface area contributed by atoms with Crippen molar-refractivity contribution in [2.75, 3.05) is 29.3 Å². The van der Waals surface area contributed by atoms with Crippen molar-refractivity contribution in [3.05, 3.63) is 71.9 Å². The highest BCUT2D eigenvalue weighted by molar-refractivity contribution is 5.97. The number of ether oxygens (including phenoxy) is 1. The van der Waals surface area contributed by atoms with E-state index in [1.807, 2.05) is 61.5 Å². The Labute approximate surface area is 198 Å². The molecule has 0 unspecified atom stereocenters. The summed E-state index contributed by atoms with van der Waals surface area (Å²) in [6.45, 7) is 2.00. The molecule has 0 aliphatic heterocycles. The van der Waals surface area contributed by atoms with Gasteiger partial charge in [0.1, 0.15) is 12.4 Å². The van der Waals surface area contributed by atoms with Crippen LogP contribution in [0, 0.1) is 0 Å². The van der Waals surface area contributed by atoms with E-state index in [0.29, 0.717) is 17.5 Å². The number of nitrogens with zero attached hydrogens (tertiary/aromatic N) is 3. The molecule has 176 valence electrons. The smallest absolute Gasteiger partial charge is 0.254 e. The second kappa shape index (κ2) is 10.3. The fourth-order valence-electron chi connectivity index (χ4n) is 3.71. The summed E-state index contributed by atoms with van der Waals surface area (Å²) in [7, 11) is 1.51. The highest BCUT2D eigenvalue weighted by Gasteiger charge is 2.33. The number of nitrogens with two attached hydrogens (primary N) is 1. The van der Waals surface area contributed by atoms with Crippen LogP contribution in [0.4, 0.5) is 23.1 Å². The summed E-state index contributed by atoms with van der Waals surface area (Å²) in [5.74, 6) is -0.0582. The van der Waals surface area contributed by atoms with Crippen molar-refractivity contribution in [2.24, 2.45) is 5.73 Å². The number of carbonyl (C=O) groups is 2. The summed E-state index contributed by atoms with van der Waals surface area (Å²) in [4.78, 5) is 35.1. The minimum atomic E-state index is -0.618. The monoisotopic (exact) mass is 460 g/mol. The van der Waals surface area contributed by atoms with Crippen molar-refractivity contribution in [1.29, 1.82) is 0 Å². The number of aromatic nitrogens is 2. The number of primary amides is 1. The van der Waals surface area contributed by atoms with Gasteiger partial charge in [-0.3, -0.25) is 9.59 Å². The SMILES string of the molecule is COCC(=O)N(c1cccc(Nc2ncc(C(N)=O)c(N[C@H](C)c3ccccc3)n2)c1)C1CC1. The lowest BCUT2D eigenvalue weighted by molar-refractivity contribution is -0.122. The van der Waals surface area contributed by atoms with Crippen LogP contribution in [0.2, 0.25) is 0 Å². The highest BCUT2D eigenvalue weighted by Crippen LogP contribution is 2.33. The Hall–Kier alpha value is -3.98. The molecule has 2 amide bonds. The van der Waals surface area contributed by atoms with Gasteiger partial charge in [-0.25, -0.2) is 4.98 Å². The minimum Gasteiger partial charge on any atom is -0.375 e. The summed E-state index contributed by atoms with van der Waals surface area (Å²) >= 11 is 0. The van der Waals surface area contributed by atoms with Gasteiger partial charge in [-0.15, -0.1) is 0 Å².